The molecular weight excluding hydrogens is 286 g/mol. The summed E-state index contributed by atoms with van der Waals surface area (Å²) >= 11 is 1.56. The molecule has 0 unspecified atom stereocenters. The molecule has 2 N–H and O–H groups in total. The smallest absolute Gasteiger partial charge is 0.266 e. The molecule has 0 saturated carbocycles. The number of hydrogen-bond donors (Lipinski definition) is 1. The lowest BCUT2D eigenvalue weighted by atomic mass is 10.1. The Morgan fingerprint density at radius 2 is 2.19 bits per heavy atom. The van der Waals surface area contributed by atoms with E-state index in [1.54, 1.807) is 11.3 Å². The lowest BCUT2D eigenvalue weighted by Gasteiger charge is -2.03. The van der Waals surface area contributed by atoms with Crippen molar-refractivity contribution in [1.29, 1.82) is 0 Å². The fraction of sp³-hybridized carbons (Fsp3) is 0.267. The topological polar surface area (TPSA) is 77.6 Å². The number of nitrogens with two attached hydrogens (primary N) is 1. The van der Waals surface area contributed by atoms with Crippen LogP contribution in [0.1, 0.15) is 23.7 Å². The number of carbonyl (C=O) groups excluding carboxylic acids is 1. The molecule has 0 aliphatic carbocycles. The maximum absolute atomic E-state index is 10.8. The Labute approximate surface area is 127 Å². The van der Waals surface area contributed by atoms with Gasteiger partial charge in [0.2, 0.25) is 0 Å². The lowest BCUT2D eigenvalue weighted by Crippen LogP contribution is -2.20. The van der Waals surface area contributed by atoms with Gasteiger partial charge in [-0.3, -0.25) is 4.79 Å². The molecule has 2 rings (SSSR count). The molecule has 0 fully saturated rings. The highest BCUT2D eigenvalue weighted by Crippen LogP contribution is 2.27. The summed E-state index contributed by atoms with van der Waals surface area (Å²) in [5, 5.41) is 6.50. The van der Waals surface area contributed by atoms with Crippen LogP contribution in [0.25, 0.3) is 10.6 Å². The normalized spacial score (nSPS) is 11.5. The molecule has 1 aromatic carbocycles. The van der Waals surface area contributed by atoms with Gasteiger partial charge in [-0.25, -0.2) is 4.98 Å². The lowest BCUT2D eigenvalue weighted by molar-refractivity contribution is -0.112. The number of aryl methyl sites for hydroxylation is 2. The van der Waals surface area contributed by atoms with Crippen LogP contribution < -0.4 is 5.73 Å². The first-order chi connectivity index (χ1) is 9.97. The fourth-order valence-electron chi connectivity index (χ4n) is 1.79. The molecule has 0 aliphatic heterocycles. The summed E-state index contributed by atoms with van der Waals surface area (Å²) < 4.78 is 0. The van der Waals surface area contributed by atoms with Crippen molar-refractivity contribution in [2.24, 2.45) is 10.9 Å². The number of amides is 1. The van der Waals surface area contributed by atoms with Crippen molar-refractivity contribution in [2.45, 2.75) is 27.4 Å². The molecule has 0 aliphatic rings. The van der Waals surface area contributed by atoms with E-state index in [9.17, 15) is 4.79 Å². The molecule has 1 aromatic heterocycles. The van der Waals surface area contributed by atoms with Gasteiger partial charge >= 0.3 is 0 Å². The Bertz CT molecular complexity index is 692. The number of rotatable bonds is 5. The van der Waals surface area contributed by atoms with Crippen molar-refractivity contribution in [1.82, 2.24) is 4.98 Å². The minimum Gasteiger partial charge on any atom is -0.389 e. The highest BCUT2D eigenvalue weighted by atomic mass is 32.1. The van der Waals surface area contributed by atoms with Crippen LogP contribution in [0.3, 0.4) is 0 Å². The van der Waals surface area contributed by atoms with E-state index in [-0.39, 0.29) is 12.3 Å². The molecule has 0 atom stereocenters. The summed E-state index contributed by atoms with van der Waals surface area (Å²) in [5.41, 5.74) is 9.52. The highest BCUT2D eigenvalue weighted by Gasteiger charge is 2.08. The molecule has 21 heavy (non-hydrogen) atoms. The van der Waals surface area contributed by atoms with Crippen molar-refractivity contribution in [3.8, 4) is 10.6 Å². The number of hydrogen-bond acceptors (Lipinski definition) is 5. The van der Waals surface area contributed by atoms with E-state index in [1.807, 2.05) is 5.38 Å². The zero-order chi connectivity index (χ0) is 15.4. The van der Waals surface area contributed by atoms with Gasteiger partial charge in [0.25, 0.3) is 5.91 Å². The second-order valence-corrected chi connectivity index (χ2v) is 5.63. The molecule has 1 heterocycles. The van der Waals surface area contributed by atoms with Crippen LogP contribution in [0.15, 0.2) is 28.7 Å². The van der Waals surface area contributed by atoms with Crippen LogP contribution in [-0.4, -0.2) is 16.6 Å². The first-order valence-electron chi connectivity index (χ1n) is 6.45. The summed E-state index contributed by atoms with van der Waals surface area (Å²) in [4.78, 5) is 20.4. The van der Waals surface area contributed by atoms with Crippen molar-refractivity contribution < 1.29 is 9.63 Å². The average Bonchev–Trinajstić information content (AvgIpc) is 2.87. The van der Waals surface area contributed by atoms with Crippen molar-refractivity contribution in [3.63, 3.8) is 0 Å². The summed E-state index contributed by atoms with van der Waals surface area (Å²) in [7, 11) is 0. The van der Waals surface area contributed by atoms with Crippen LogP contribution in [0.2, 0.25) is 0 Å². The Balaban J connectivity index is 2.08. The van der Waals surface area contributed by atoms with E-state index in [1.165, 1.54) is 18.1 Å². The predicted molar refractivity (Wildman–Crippen MR) is 84.1 cm³/mol. The van der Waals surface area contributed by atoms with E-state index in [0.717, 1.165) is 16.3 Å². The van der Waals surface area contributed by atoms with Crippen LogP contribution in [0.4, 0.5) is 0 Å². The van der Waals surface area contributed by atoms with Crippen LogP contribution in [0, 0.1) is 13.8 Å². The quantitative estimate of drug-likeness (QED) is 0.681. The summed E-state index contributed by atoms with van der Waals surface area (Å²) in [5.74, 6) is -0.593. The standard InChI is InChI=1S/C15H17N3O2S/c1-9-4-5-13(10(2)6-9)15-17-12(8-21-15)7-20-18-11(3)14(16)19/h4-6,8H,7H2,1-3H3,(H2,16,19)/b18-11-. The number of benzene rings is 1. The van der Waals surface area contributed by atoms with Gasteiger partial charge in [-0.1, -0.05) is 28.9 Å². The van der Waals surface area contributed by atoms with Crippen molar-refractivity contribution in [2.75, 3.05) is 0 Å². The Morgan fingerprint density at radius 3 is 2.86 bits per heavy atom. The maximum Gasteiger partial charge on any atom is 0.266 e. The van der Waals surface area contributed by atoms with Gasteiger partial charge in [-0.05, 0) is 26.3 Å². The number of oxime groups is 1. The highest BCUT2D eigenvalue weighted by molar-refractivity contribution is 7.13. The first kappa shape index (κ1) is 15.2. The number of thiazole rings is 1. The molecule has 0 radical (unpaired) electrons. The molecule has 1 amide bonds. The third-order valence-corrected chi connectivity index (χ3v) is 3.86. The first-order valence-corrected chi connectivity index (χ1v) is 7.33. The van der Waals surface area contributed by atoms with Crippen LogP contribution in [-0.2, 0) is 16.2 Å². The molecular formula is C15H17N3O2S. The second-order valence-electron chi connectivity index (χ2n) is 4.78. The molecule has 0 spiro atoms. The van der Waals surface area contributed by atoms with Gasteiger partial charge < -0.3 is 10.6 Å². The predicted octanol–water partition coefficient (Wildman–Crippen LogP) is 2.80. The zero-order valence-electron chi connectivity index (χ0n) is 12.2. The van der Waals surface area contributed by atoms with Gasteiger partial charge in [0, 0.05) is 10.9 Å². The minimum absolute atomic E-state index is 0.139. The molecule has 2 aromatic rings. The van der Waals surface area contributed by atoms with Gasteiger partial charge in [0.15, 0.2) is 6.61 Å². The number of nitrogens with zero attached hydrogens (tertiary/aromatic N) is 2. The second kappa shape index (κ2) is 6.49. The summed E-state index contributed by atoms with van der Waals surface area (Å²) in [6.07, 6.45) is 0. The van der Waals surface area contributed by atoms with Gasteiger partial charge in [-0.15, -0.1) is 11.3 Å². The average molecular weight is 303 g/mol. The van der Waals surface area contributed by atoms with Crippen molar-refractivity contribution >= 4 is 23.0 Å². The van der Waals surface area contributed by atoms with E-state index in [2.05, 4.69) is 42.2 Å². The Morgan fingerprint density at radius 1 is 1.43 bits per heavy atom. The fourth-order valence-corrected chi connectivity index (χ4v) is 2.69. The van der Waals surface area contributed by atoms with Crippen LogP contribution in [0.5, 0.6) is 0 Å². The van der Waals surface area contributed by atoms with Gasteiger partial charge in [0.05, 0.1) is 5.69 Å². The zero-order valence-corrected chi connectivity index (χ0v) is 13.0. The number of carbonyl (C=O) groups is 1. The Kier molecular flexibility index (Phi) is 4.70. The molecule has 0 bridgehead atoms. The largest absolute Gasteiger partial charge is 0.389 e. The summed E-state index contributed by atoms with van der Waals surface area (Å²) in [6, 6.07) is 6.28. The van der Waals surface area contributed by atoms with E-state index >= 15 is 0 Å². The summed E-state index contributed by atoms with van der Waals surface area (Å²) in [6.45, 7) is 5.86. The van der Waals surface area contributed by atoms with E-state index < -0.39 is 5.91 Å². The Hall–Kier alpha value is -2.21. The third kappa shape index (κ3) is 3.88. The van der Waals surface area contributed by atoms with Gasteiger partial charge in [0.1, 0.15) is 10.7 Å². The monoisotopic (exact) mass is 303 g/mol. The van der Waals surface area contributed by atoms with Crippen LogP contribution >= 0.6 is 11.3 Å². The molecule has 6 heteroatoms. The molecule has 0 saturated heterocycles. The number of primary amides is 1. The molecule has 5 nitrogen and oxygen atoms in total. The van der Waals surface area contributed by atoms with Crippen molar-refractivity contribution in [3.05, 3.63) is 40.4 Å². The minimum atomic E-state index is -0.593. The number of aromatic nitrogens is 1. The van der Waals surface area contributed by atoms with Gasteiger partial charge in [-0.2, -0.15) is 0 Å². The SMILES string of the molecule is C/C(=N/OCc1csc(-c2ccc(C)cc2C)n1)C(N)=O. The maximum atomic E-state index is 10.8. The third-order valence-electron chi connectivity index (χ3n) is 2.93. The molecule has 110 valence electrons. The van der Waals surface area contributed by atoms with E-state index in [0.29, 0.717) is 0 Å². The van der Waals surface area contributed by atoms with E-state index in [4.69, 9.17) is 10.6 Å².